The fourth-order valence-electron chi connectivity index (χ4n) is 3.40. The summed E-state index contributed by atoms with van der Waals surface area (Å²) in [6.45, 7) is 0.931. The van der Waals surface area contributed by atoms with E-state index < -0.39 is 0 Å². The highest BCUT2D eigenvalue weighted by Crippen LogP contribution is 2.45. The molecule has 3 nitrogen and oxygen atoms in total. The fourth-order valence-corrected chi connectivity index (χ4v) is 4.63. The second-order valence-corrected chi connectivity index (χ2v) is 7.84. The second-order valence-electron chi connectivity index (χ2n) is 6.77. The Labute approximate surface area is 141 Å². The van der Waals surface area contributed by atoms with Crippen molar-refractivity contribution in [2.24, 2.45) is 5.92 Å². The molecule has 1 aliphatic carbocycles. The molecule has 4 heteroatoms. The van der Waals surface area contributed by atoms with Crippen LogP contribution in [0, 0.1) is 5.92 Å². The van der Waals surface area contributed by atoms with Gasteiger partial charge in [-0.3, -0.25) is 4.79 Å². The fraction of sp³-hybridized carbons (Fsp3) is 0.421. The predicted octanol–water partition coefficient (Wildman–Crippen LogP) is 3.89. The maximum Gasteiger partial charge on any atom is 0.233 e. The molecule has 1 saturated carbocycles. The SMILES string of the molecule is CN(C)c1ccc(C2SCC(=O)N2CC2CC2)c2ccccc12. The molecule has 2 aromatic rings. The zero-order valence-electron chi connectivity index (χ0n) is 13.7. The van der Waals surface area contributed by atoms with Crippen LogP contribution in [0.1, 0.15) is 23.8 Å². The van der Waals surface area contributed by atoms with E-state index in [-0.39, 0.29) is 5.37 Å². The number of carbonyl (C=O) groups excluding carboxylic acids is 1. The summed E-state index contributed by atoms with van der Waals surface area (Å²) in [5.41, 5.74) is 2.51. The van der Waals surface area contributed by atoms with Crippen molar-refractivity contribution in [3.8, 4) is 0 Å². The molecule has 2 fully saturated rings. The first-order chi connectivity index (χ1) is 11.1. The molecule has 0 N–H and O–H groups in total. The number of fused-ring (bicyclic) bond motifs is 1. The summed E-state index contributed by atoms with van der Waals surface area (Å²) in [7, 11) is 4.16. The van der Waals surface area contributed by atoms with E-state index >= 15 is 0 Å². The highest BCUT2D eigenvalue weighted by atomic mass is 32.2. The number of rotatable bonds is 4. The molecule has 1 saturated heterocycles. The van der Waals surface area contributed by atoms with Gasteiger partial charge in [0, 0.05) is 31.7 Å². The molecule has 1 unspecified atom stereocenters. The van der Waals surface area contributed by atoms with Gasteiger partial charge in [-0.2, -0.15) is 0 Å². The Morgan fingerprint density at radius 3 is 2.57 bits per heavy atom. The summed E-state index contributed by atoms with van der Waals surface area (Å²) in [6, 6.07) is 13.0. The molecule has 4 rings (SSSR count). The number of hydrogen-bond donors (Lipinski definition) is 0. The van der Waals surface area contributed by atoms with E-state index in [4.69, 9.17) is 0 Å². The third kappa shape index (κ3) is 2.69. The number of anilines is 1. The molecule has 120 valence electrons. The van der Waals surface area contributed by atoms with Gasteiger partial charge in [0.15, 0.2) is 0 Å². The number of hydrogen-bond acceptors (Lipinski definition) is 3. The summed E-state index contributed by atoms with van der Waals surface area (Å²) in [4.78, 5) is 16.6. The van der Waals surface area contributed by atoms with Gasteiger partial charge in [0.05, 0.1) is 5.75 Å². The quantitative estimate of drug-likeness (QED) is 0.851. The Morgan fingerprint density at radius 1 is 1.13 bits per heavy atom. The van der Waals surface area contributed by atoms with Crippen LogP contribution in [-0.4, -0.2) is 37.2 Å². The molecule has 2 aromatic carbocycles. The lowest BCUT2D eigenvalue weighted by Gasteiger charge is -2.26. The Balaban J connectivity index is 1.79. The van der Waals surface area contributed by atoms with Crippen molar-refractivity contribution >= 4 is 34.1 Å². The van der Waals surface area contributed by atoms with Gasteiger partial charge in [0.25, 0.3) is 0 Å². The lowest BCUT2D eigenvalue weighted by Crippen LogP contribution is -2.30. The van der Waals surface area contributed by atoms with Crippen molar-refractivity contribution in [3.05, 3.63) is 42.0 Å². The Bertz CT molecular complexity index is 754. The van der Waals surface area contributed by atoms with Gasteiger partial charge < -0.3 is 9.80 Å². The van der Waals surface area contributed by atoms with Crippen LogP contribution in [0.25, 0.3) is 10.8 Å². The molecule has 0 bridgehead atoms. The van der Waals surface area contributed by atoms with Gasteiger partial charge in [-0.25, -0.2) is 0 Å². The standard InChI is InChI=1S/C19H22N2OS/c1-20(2)17-10-9-16(14-5-3-4-6-15(14)17)19-21(11-13-7-8-13)18(22)12-23-19/h3-6,9-10,13,19H,7-8,11-12H2,1-2H3. The van der Waals surface area contributed by atoms with Gasteiger partial charge in [0.2, 0.25) is 5.91 Å². The number of amides is 1. The van der Waals surface area contributed by atoms with Crippen LogP contribution in [0.15, 0.2) is 36.4 Å². The monoisotopic (exact) mass is 326 g/mol. The first-order valence-electron chi connectivity index (χ1n) is 8.25. The zero-order chi connectivity index (χ0) is 16.0. The first kappa shape index (κ1) is 14.9. The molecule has 1 atom stereocenters. The number of thioether (sulfide) groups is 1. The van der Waals surface area contributed by atoms with E-state index in [2.05, 4.69) is 60.3 Å². The normalized spacial score (nSPS) is 21.2. The van der Waals surface area contributed by atoms with Gasteiger partial charge in [-0.1, -0.05) is 30.3 Å². The highest BCUT2D eigenvalue weighted by Gasteiger charge is 2.37. The lowest BCUT2D eigenvalue weighted by molar-refractivity contribution is -0.128. The molecule has 0 radical (unpaired) electrons. The van der Waals surface area contributed by atoms with Crippen LogP contribution < -0.4 is 4.90 Å². The third-order valence-electron chi connectivity index (χ3n) is 4.80. The van der Waals surface area contributed by atoms with Crippen LogP contribution in [0.2, 0.25) is 0 Å². The Kier molecular flexibility index (Phi) is 3.72. The van der Waals surface area contributed by atoms with Crippen molar-refractivity contribution in [2.75, 3.05) is 31.3 Å². The maximum absolute atomic E-state index is 12.3. The van der Waals surface area contributed by atoms with Crippen LogP contribution in [-0.2, 0) is 4.79 Å². The van der Waals surface area contributed by atoms with Crippen molar-refractivity contribution in [1.82, 2.24) is 4.90 Å². The smallest absolute Gasteiger partial charge is 0.233 e. The minimum Gasteiger partial charge on any atom is -0.377 e. The highest BCUT2D eigenvalue weighted by molar-refractivity contribution is 8.00. The average molecular weight is 326 g/mol. The molecule has 1 heterocycles. The second kappa shape index (κ2) is 5.75. The summed E-state index contributed by atoms with van der Waals surface area (Å²) < 4.78 is 0. The molecular weight excluding hydrogens is 304 g/mol. The minimum atomic E-state index is 0.171. The van der Waals surface area contributed by atoms with Crippen molar-refractivity contribution in [2.45, 2.75) is 18.2 Å². The molecule has 0 spiro atoms. The topological polar surface area (TPSA) is 23.6 Å². The Morgan fingerprint density at radius 2 is 1.87 bits per heavy atom. The molecular formula is C19H22N2OS. The molecule has 1 amide bonds. The van der Waals surface area contributed by atoms with Crippen molar-refractivity contribution < 1.29 is 4.79 Å². The van der Waals surface area contributed by atoms with E-state index in [1.807, 2.05) is 0 Å². The Hall–Kier alpha value is -1.68. The number of benzene rings is 2. The van der Waals surface area contributed by atoms with Gasteiger partial charge in [-0.15, -0.1) is 11.8 Å². The van der Waals surface area contributed by atoms with Crippen LogP contribution in [0.4, 0.5) is 5.69 Å². The first-order valence-corrected chi connectivity index (χ1v) is 9.30. The van der Waals surface area contributed by atoms with Crippen LogP contribution >= 0.6 is 11.8 Å². The summed E-state index contributed by atoms with van der Waals surface area (Å²) in [5, 5.41) is 2.71. The minimum absolute atomic E-state index is 0.171. The van der Waals surface area contributed by atoms with Crippen LogP contribution in [0.3, 0.4) is 0 Å². The molecule has 0 aromatic heterocycles. The van der Waals surface area contributed by atoms with Crippen molar-refractivity contribution in [1.29, 1.82) is 0 Å². The van der Waals surface area contributed by atoms with Crippen LogP contribution in [0.5, 0.6) is 0 Å². The average Bonchev–Trinajstić information content (AvgIpc) is 3.30. The lowest BCUT2D eigenvalue weighted by atomic mass is 10.0. The molecule has 23 heavy (non-hydrogen) atoms. The molecule has 2 aliphatic rings. The van der Waals surface area contributed by atoms with E-state index in [1.165, 1.54) is 34.9 Å². The van der Waals surface area contributed by atoms with Gasteiger partial charge in [-0.05, 0) is 35.8 Å². The van der Waals surface area contributed by atoms with E-state index in [1.54, 1.807) is 11.8 Å². The van der Waals surface area contributed by atoms with Crippen molar-refractivity contribution in [3.63, 3.8) is 0 Å². The predicted molar refractivity (Wildman–Crippen MR) is 97.9 cm³/mol. The summed E-state index contributed by atoms with van der Waals surface area (Å²) >= 11 is 1.77. The van der Waals surface area contributed by atoms with E-state index in [0.29, 0.717) is 11.7 Å². The number of nitrogens with zero attached hydrogens (tertiary/aromatic N) is 2. The van der Waals surface area contributed by atoms with Gasteiger partial charge >= 0.3 is 0 Å². The molecule has 1 aliphatic heterocycles. The summed E-state index contributed by atoms with van der Waals surface area (Å²) in [5.74, 6) is 1.64. The summed E-state index contributed by atoms with van der Waals surface area (Å²) in [6.07, 6.45) is 2.56. The maximum atomic E-state index is 12.3. The zero-order valence-corrected chi connectivity index (χ0v) is 14.5. The van der Waals surface area contributed by atoms with E-state index in [9.17, 15) is 4.79 Å². The largest absolute Gasteiger partial charge is 0.377 e. The van der Waals surface area contributed by atoms with Gasteiger partial charge in [0.1, 0.15) is 5.37 Å². The number of carbonyl (C=O) groups is 1. The third-order valence-corrected chi connectivity index (χ3v) is 6.04. The van der Waals surface area contributed by atoms with E-state index in [0.717, 1.165) is 12.5 Å².